The fourth-order valence-corrected chi connectivity index (χ4v) is 3.64. The predicted molar refractivity (Wildman–Crippen MR) is 124 cm³/mol. The van der Waals surface area contributed by atoms with E-state index in [1.165, 1.54) is 6.20 Å². The lowest BCUT2D eigenvalue weighted by Gasteiger charge is -2.10. The summed E-state index contributed by atoms with van der Waals surface area (Å²) in [5.74, 6) is 0.805. The number of hydrogen-bond donors (Lipinski definition) is 1. The van der Waals surface area contributed by atoms with Crippen molar-refractivity contribution in [2.75, 3.05) is 5.32 Å². The van der Waals surface area contributed by atoms with Crippen LogP contribution in [-0.4, -0.2) is 30.6 Å². The maximum Gasteiger partial charge on any atom is 0.278 e. The monoisotopic (exact) mass is 488 g/mol. The van der Waals surface area contributed by atoms with Gasteiger partial charge in [-0.05, 0) is 51.5 Å². The second-order valence-electron chi connectivity index (χ2n) is 7.61. The summed E-state index contributed by atoms with van der Waals surface area (Å²) in [5.41, 5.74) is 3.70. The zero-order valence-corrected chi connectivity index (χ0v) is 20.0. The Labute approximate surface area is 200 Å². The Hall–Kier alpha value is -3.30. The zero-order valence-electron chi connectivity index (χ0n) is 18.5. The summed E-state index contributed by atoms with van der Waals surface area (Å²) >= 11 is 12.0. The molecular weight excluding hydrogens is 467 g/mol. The third kappa shape index (κ3) is 4.89. The molecule has 33 heavy (non-hydrogen) atoms. The molecule has 0 bridgehead atoms. The Morgan fingerprint density at radius 3 is 2.70 bits per heavy atom. The molecule has 1 N–H and O–H groups in total. The van der Waals surface area contributed by atoms with E-state index in [1.807, 2.05) is 26.8 Å². The summed E-state index contributed by atoms with van der Waals surface area (Å²) in [6.45, 7) is 7.80. The van der Waals surface area contributed by atoms with Crippen LogP contribution in [0.3, 0.4) is 0 Å². The van der Waals surface area contributed by atoms with E-state index >= 15 is 0 Å². The number of nitrogens with zero attached hydrogens (tertiary/aromatic N) is 5. The Balaban J connectivity index is 1.50. The lowest BCUT2D eigenvalue weighted by Crippen LogP contribution is -2.17. The summed E-state index contributed by atoms with van der Waals surface area (Å²) in [6.07, 6.45) is 3.19. The molecule has 0 radical (unpaired) electrons. The highest BCUT2D eigenvalue weighted by molar-refractivity contribution is 6.31. The highest BCUT2D eigenvalue weighted by Crippen LogP contribution is 2.24. The van der Waals surface area contributed by atoms with Gasteiger partial charge < -0.3 is 14.6 Å². The van der Waals surface area contributed by atoms with Crippen LogP contribution >= 0.6 is 23.2 Å². The molecule has 1 amide bonds. The van der Waals surface area contributed by atoms with Gasteiger partial charge in [-0.1, -0.05) is 28.4 Å². The molecular formula is C22H22Cl2N6O3. The first-order chi connectivity index (χ1) is 15.7. The molecule has 4 rings (SSSR count). The van der Waals surface area contributed by atoms with Gasteiger partial charge in [-0.15, -0.1) is 0 Å². The number of halogens is 2. The fraction of sp³-hybridized carbons (Fsp3) is 0.273. The quantitative estimate of drug-likeness (QED) is 0.395. The minimum atomic E-state index is -0.403. The van der Waals surface area contributed by atoms with Crippen LogP contribution in [0.1, 0.15) is 38.8 Å². The number of carbonyl (C=O) groups is 1. The smallest absolute Gasteiger partial charge is 0.278 e. The molecule has 0 aliphatic heterocycles. The molecule has 0 saturated heterocycles. The number of carbonyl (C=O) groups excluding carboxylic acids is 1. The molecule has 0 atom stereocenters. The SMILES string of the molecule is Cc1cc(OCn2nc(C)c(NC(=O)c3noc(C)c3Cn3cc(Cl)cn3)c2C)ccc1Cl. The van der Waals surface area contributed by atoms with Crippen molar-refractivity contribution in [2.45, 2.75) is 41.0 Å². The molecule has 3 heterocycles. The third-order valence-electron chi connectivity index (χ3n) is 5.22. The molecule has 0 unspecified atom stereocenters. The molecule has 9 nitrogen and oxygen atoms in total. The Morgan fingerprint density at radius 1 is 1.21 bits per heavy atom. The summed E-state index contributed by atoms with van der Waals surface area (Å²) < 4.78 is 14.4. The number of ether oxygens (including phenoxy) is 1. The van der Waals surface area contributed by atoms with Gasteiger partial charge in [0.2, 0.25) is 0 Å². The Kier molecular flexibility index (Phi) is 6.44. The minimum Gasteiger partial charge on any atom is -0.471 e. The van der Waals surface area contributed by atoms with E-state index in [2.05, 4.69) is 20.7 Å². The first-order valence-electron chi connectivity index (χ1n) is 10.1. The van der Waals surface area contributed by atoms with Gasteiger partial charge in [-0.2, -0.15) is 10.2 Å². The van der Waals surface area contributed by atoms with Crippen LogP contribution in [0.2, 0.25) is 10.0 Å². The molecule has 0 spiro atoms. The number of nitrogens with one attached hydrogen (secondary N) is 1. The minimum absolute atomic E-state index is 0.179. The van der Waals surface area contributed by atoms with Crippen molar-refractivity contribution in [1.29, 1.82) is 0 Å². The zero-order chi connectivity index (χ0) is 23.7. The average Bonchev–Trinajstić information content (AvgIpc) is 3.43. The van der Waals surface area contributed by atoms with Crippen LogP contribution in [0.15, 0.2) is 35.1 Å². The number of benzene rings is 1. The van der Waals surface area contributed by atoms with Gasteiger partial charge in [-0.25, -0.2) is 4.68 Å². The number of aromatic nitrogens is 5. The maximum absolute atomic E-state index is 13.0. The van der Waals surface area contributed by atoms with Gasteiger partial charge in [0.05, 0.1) is 34.8 Å². The van der Waals surface area contributed by atoms with E-state index in [4.69, 9.17) is 32.5 Å². The number of amides is 1. The molecule has 3 aromatic heterocycles. The van der Waals surface area contributed by atoms with Crippen molar-refractivity contribution < 1.29 is 14.1 Å². The lowest BCUT2D eigenvalue weighted by molar-refractivity contribution is 0.101. The van der Waals surface area contributed by atoms with Crippen molar-refractivity contribution in [3.8, 4) is 5.75 Å². The lowest BCUT2D eigenvalue weighted by atomic mass is 10.1. The van der Waals surface area contributed by atoms with Crippen molar-refractivity contribution in [2.24, 2.45) is 0 Å². The van der Waals surface area contributed by atoms with Crippen LogP contribution in [-0.2, 0) is 13.3 Å². The van der Waals surface area contributed by atoms with Gasteiger partial charge >= 0.3 is 0 Å². The third-order valence-corrected chi connectivity index (χ3v) is 5.84. The second kappa shape index (κ2) is 9.29. The number of anilines is 1. The Morgan fingerprint density at radius 2 is 2.00 bits per heavy atom. The summed E-state index contributed by atoms with van der Waals surface area (Å²) in [5, 5.41) is 16.7. The maximum atomic E-state index is 13.0. The number of aryl methyl sites for hydroxylation is 3. The topological polar surface area (TPSA) is 100 Å². The van der Waals surface area contributed by atoms with Crippen LogP contribution in [0.4, 0.5) is 5.69 Å². The van der Waals surface area contributed by atoms with Gasteiger partial charge in [0.25, 0.3) is 5.91 Å². The van der Waals surface area contributed by atoms with Gasteiger partial charge in [0.15, 0.2) is 12.4 Å². The molecule has 0 fully saturated rings. The highest BCUT2D eigenvalue weighted by atomic mass is 35.5. The largest absolute Gasteiger partial charge is 0.471 e. The van der Waals surface area contributed by atoms with E-state index in [9.17, 15) is 4.79 Å². The van der Waals surface area contributed by atoms with Crippen molar-refractivity contribution in [3.63, 3.8) is 0 Å². The first-order valence-corrected chi connectivity index (χ1v) is 10.9. The molecule has 0 aliphatic rings. The van der Waals surface area contributed by atoms with Crippen LogP contribution in [0.5, 0.6) is 5.75 Å². The predicted octanol–water partition coefficient (Wildman–Crippen LogP) is 4.95. The van der Waals surface area contributed by atoms with E-state index in [0.717, 1.165) is 11.3 Å². The Bertz CT molecular complexity index is 1320. The van der Waals surface area contributed by atoms with E-state index in [-0.39, 0.29) is 12.4 Å². The second-order valence-corrected chi connectivity index (χ2v) is 8.45. The fourth-order valence-electron chi connectivity index (χ4n) is 3.36. The van der Waals surface area contributed by atoms with Crippen molar-refractivity contribution in [1.82, 2.24) is 24.7 Å². The molecule has 1 aromatic carbocycles. The normalized spacial score (nSPS) is 11.1. The van der Waals surface area contributed by atoms with Gasteiger partial charge in [0, 0.05) is 16.8 Å². The highest BCUT2D eigenvalue weighted by Gasteiger charge is 2.23. The van der Waals surface area contributed by atoms with Crippen LogP contribution in [0, 0.1) is 27.7 Å². The average molecular weight is 489 g/mol. The molecule has 4 aromatic rings. The molecule has 0 saturated carbocycles. The van der Waals surface area contributed by atoms with E-state index in [1.54, 1.807) is 34.6 Å². The summed E-state index contributed by atoms with van der Waals surface area (Å²) in [6, 6.07) is 5.44. The van der Waals surface area contributed by atoms with Crippen molar-refractivity contribution in [3.05, 3.63) is 74.6 Å². The number of hydrogen-bond acceptors (Lipinski definition) is 6. The van der Waals surface area contributed by atoms with E-state index in [0.29, 0.717) is 45.0 Å². The molecule has 172 valence electrons. The van der Waals surface area contributed by atoms with Crippen molar-refractivity contribution >= 4 is 34.8 Å². The number of rotatable bonds is 7. The van der Waals surface area contributed by atoms with Gasteiger partial charge in [-0.3, -0.25) is 9.48 Å². The van der Waals surface area contributed by atoms with Crippen LogP contribution < -0.4 is 10.1 Å². The van der Waals surface area contributed by atoms with Gasteiger partial charge in [0.1, 0.15) is 11.5 Å². The van der Waals surface area contributed by atoms with Crippen LogP contribution in [0.25, 0.3) is 0 Å². The standard InChI is InChI=1S/C22H22Cl2N6O3/c1-12-7-17(5-6-19(12)24)32-11-30-14(3)20(13(2)27-30)26-22(31)21-18(15(4)33-28-21)10-29-9-16(23)8-25-29/h5-9H,10-11H2,1-4H3,(H,26,31). The van der Waals surface area contributed by atoms with E-state index < -0.39 is 5.91 Å². The first kappa shape index (κ1) is 22.9. The summed E-state index contributed by atoms with van der Waals surface area (Å²) in [4.78, 5) is 13.0. The molecule has 0 aliphatic carbocycles. The molecule has 11 heteroatoms. The summed E-state index contributed by atoms with van der Waals surface area (Å²) in [7, 11) is 0.